The van der Waals surface area contributed by atoms with Gasteiger partial charge >= 0.3 is 0 Å². The topological polar surface area (TPSA) is 138 Å². The van der Waals surface area contributed by atoms with E-state index in [1.54, 1.807) is 0 Å². The number of Topliss-reactive ketones (excluding diaryl/α,β-unsaturated/α-hetero) is 2. The Morgan fingerprint density at radius 2 is 0.729 bits per heavy atom. The van der Waals surface area contributed by atoms with Crippen LogP contribution in [0.4, 0.5) is 0 Å². The lowest BCUT2D eigenvalue weighted by Crippen LogP contribution is -2.26. The van der Waals surface area contributed by atoms with Crippen molar-refractivity contribution in [3.8, 4) is 0 Å². The van der Waals surface area contributed by atoms with Crippen LogP contribution in [0.15, 0.2) is 24.3 Å². The Labute approximate surface area is 301 Å². The van der Waals surface area contributed by atoms with Crippen molar-refractivity contribution in [1.82, 2.24) is 0 Å². The molecule has 0 aromatic heterocycles. The van der Waals surface area contributed by atoms with Crippen LogP contribution in [0.3, 0.4) is 0 Å². The van der Waals surface area contributed by atoms with Crippen LogP contribution in [0, 0.1) is 5.92 Å². The van der Waals surface area contributed by atoms with Crippen LogP contribution in [-0.4, -0.2) is 39.3 Å². The summed E-state index contributed by atoms with van der Waals surface area (Å²) in [5.41, 5.74) is 19.4. The van der Waals surface area contributed by atoms with E-state index in [1.807, 2.05) is 0 Å². The van der Waals surface area contributed by atoms with Gasteiger partial charge in [-0.3, -0.25) is 9.59 Å². The quantitative estimate of drug-likeness (QED) is 0.0394. The van der Waals surface area contributed by atoms with Crippen molar-refractivity contribution < 1.29 is 9.59 Å². The molecular formula is C42H88N4O2. The summed E-state index contributed by atoms with van der Waals surface area (Å²) in [6.45, 7) is 4.85. The average molecular weight is 681 g/mol. The molecule has 0 fully saturated rings. The zero-order valence-corrected chi connectivity index (χ0v) is 33.2. The highest BCUT2D eigenvalue weighted by Crippen LogP contribution is 2.16. The molecule has 48 heavy (non-hydrogen) atoms. The Balaban J connectivity index is -0.00000152. The van der Waals surface area contributed by atoms with E-state index < -0.39 is 0 Å². The van der Waals surface area contributed by atoms with Gasteiger partial charge in [-0.15, -0.1) is 0 Å². The number of unbranched alkanes of at least 4 members (excludes halogenated alkanes) is 22. The molecule has 0 aliphatic carbocycles. The molecule has 0 heterocycles. The smallest absolute Gasteiger partial charge is 0.137 e. The van der Waals surface area contributed by atoms with Gasteiger partial charge in [0, 0.05) is 31.7 Å². The Morgan fingerprint density at radius 3 is 1.06 bits per heavy atom. The summed E-state index contributed by atoms with van der Waals surface area (Å²) in [4.78, 5) is 25.1. The zero-order valence-electron chi connectivity index (χ0n) is 33.2. The monoisotopic (exact) mass is 681 g/mol. The number of carbonyl (C=O) groups excluding carboxylic acids is 2. The fourth-order valence-electron chi connectivity index (χ4n) is 5.67. The van der Waals surface area contributed by atoms with Gasteiger partial charge in [-0.2, -0.15) is 0 Å². The van der Waals surface area contributed by atoms with Crippen LogP contribution < -0.4 is 22.9 Å². The predicted molar refractivity (Wildman–Crippen MR) is 216 cm³/mol. The Bertz CT molecular complexity index is 652. The molecule has 0 saturated carbocycles. The maximum absolute atomic E-state index is 12.6. The van der Waals surface area contributed by atoms with Gasteiger partial charge in [-0.1, -0.05) is 141 Å². The second-order valence-corrected chi connectivity index (χ2v) is 12.8. The molecule has 0 aliphatic rings. The molecule has 1 atom stereocenters. The molecule has 6 heteroatoms. The highest BCUT2D eigenvalue weighted by molar-refractivity contribution is 5.88. The average Bonchev–Trinajstić information content (AvgIpc) is 3.13. The first-order chi connectivity index (χ1) is 23.7. The minimum Gasteiger partial charge on any atom is -0.333 e. The highest BCUT2D eigenvalue weighted by atomic mass is 16.1. The summed E-state index contributed by atoms with van der Waals surface area (Å²) in [6.07, 6.45) is 43.7. The first kappa shape index (κ1) is 53.5. The van der Waals surface area contributed by atoms with Gasteiger partial charge in [0.2, 0.25) is 0 Å². The number of carbonyl (C=O) groups is 2. The van der Waals surface area contributed by atoms with Crippen LogP contribution >= 0.6 is 0 Å². The third-order valence-corrected chi connectivity index (χ3v) is 8.62. The van der Waals surface area contributed by atoms with Crippen molar-refractivity contribution in [2.24, 2.45) is 28.9 Å². The summed E-state index contributed by atoms with van der Waals surface area (Å²) in [7, 11) is 4.50. The summed E-state index contributed by atoms with van der Waals surface area (Å²) in [5, 5.41) is 0. The molecule has 0 aromatic carbocycles. The van der Waals surface area contributed by atoms with E-state index in [1.165, 1.54) is 162 Å². The van der Waals surface area contributed by atoms with Crippen LogP contribution in [-0.2, 0) is 9.59 Å². The molecule has 8 N–H and O–H groups in total. The lowest BCUT2D eigenvalue weighted by atomic mass is 9.92. The SMILES string of the molecule is CCCCCCCC/C=C\CCCCCCCC(=O)CC(CN)C(=O)CCCCCCC/C=C\CCCCCCCC.CN.CN.CN. The second kappa shape index (κ2) is 52.5. The lowest BCUT2D eigenvalue weighted by Gasteiger charge is -2.13. The van der Waals surface area contributed by atoms with Gasteiger partial charge in [0.1, 0.15) is 11.6 Å². The van der Waals surface area contributed by atoms with Crippen LogP contribution in [0.1, 0.15) is 200 Å². The molecular weight excluding hydrogens is 592 g/mol. The fraction of sp³-hybridized carbons (Fsp3) is 0.857. The predicted octanol–water partition coefficient (Wildman–Crippen LogP) is 10.9. The van der Waals surface area contributed by atoms with Crippen molar-refractivity contribution in [3.05, 3.63) is 24.3 Å². The molecule has 0 amide bonds. The summed E-state index contributed by atoms with van der Waals surface area (Å²) in [5.74, 6) is 0.159. The van der Waals surface area contributed by atoms with Gasteiger partial charge in [0.25, 0.3) is 0 Å². The maximum atomic E-state index is 12.6. The first-order valence-electron chi connectivity index (χ1n) is 20.4. The number of hydrogen-bond donors (Lipinski definition) is 4. The summed E-state index contributed by atoms with van der Waals surface area (Å²) < 4.78 is 0. The van der Waals surface area contributed by atoms with Gasteiger partial charge in [0.05, 0.1) is 0 Å². The Hall–Kier alpha value is -1.34. The molecule has 0 saturated heterocycles. The fourth-order valence-corrected chi connectivity index (χ4v) is 5.67. The van der Waals surface area contributed by atoms with Crippen LogP contribution in [0.5, 0.6) is 0 Å². The lowest BCUT2D eigenvalue weighted by molar-refractivity contribution is -0.127. The maximum Gasteiger partial charge on any atom is 0.137 e. The van der Waals surface area contributed by atoms with E-state index in [4.69, 9.17) is 5.73 Å². The minimum atomic E-state index is -0.266. The van der Waals surface area contributed by atoms with E-state index in [9.17, 15) is 9.59 Å². The normalized spacial score (nSPS) is 11.4. The highest BCUT2D eigenvalue weighted by Gasteiger charge is 2.19. The van der Waals surface area contributed by atoms with Crippen molar-refractivity contribution in [3.63, 3.8) is 0 Å². The van der Waals surface area contributed by atoms with E-state index in [2.05, 4.69) is 55.4 Å². The van der Waals surface area contributed by atoms with Crippen LogP contribution in [0.25, 0.3) is 0 Å². The molecule has 1 unspecified atom stereocenters. The molecule has 6 nitrogen and oxygen atoms in total. The minimum absolute atomic E-state index is 0.202. The van der Waals surface area contributed by atoms with E-state index in [0.717, 1.165) is 25.7 Å². The number of ketones is 2. The molecule has 0 spiro atoms. The Kier molecular flexibility index (Phi) is 58.4. The van der Waals surface area contributed by atoms with E-state index >= 15 is 0 Å². The third kappa shape index (κ3) is 46.8. The standard InChI is InChI=1S/C39H73NO2.3CH5N/c1-3-5-7-9-11-13-15-17-19-21-23-25-27-29-31-33-38(41)35-37(36-40)39(42)34-32-30-28-26-24-22-20-18-16-14-12-10-8-6-4-2;3*1-2/h17-20,37H,3-16,21-36,40H2,1-2H3;3*2H2,1H3/b19-17-,20-18-;;;. The van der Waals surface area contributed by atoms with E-state index in [-0.39, 0.29) is 17.5 Å². The molecule has 0 bridgehead atoms. The van der Waals surface area contributed by atoms with E-state index in [0.29, 0.717) is 25.8 Å². The second-order valence-electron chi connectivity index (χ2n) is 12.8. The van der Waals surface area contributed by atoms with Gasteiger partial charge in [-0.05, 0) is 85.4 Å². The molecule has 0 aromatic rings. The van der Waals surface area contributed by atoms with Crippen LogP contribution in [0.2, 0.25) is 0 Å². The van der Waals surface area contributed by atoms with Gasteiger partial charge < -0.3 is 22.9 Å². The van der Waals surface area contributed by atoms with Crippen molar-refractivity contribution >= 4 is 11.6 Å². The molecule has 288 valence electrons. The number of hydrogen-bond acceptors (Lipinski definition) is 6. The van der Waals surface area contributed by atoms with Crippen molar-refractivity contribution in [2.75, 3.05) is 27.7 Å². The first-order valence-corrected chi connectivity index (χ1v) is 20.4. The number of allylic oxidation sites excluding steroid dienone is 4. The number of nitrogens with two attached hydrogens (primary N) is 4. The van der Waals surface area contributed by atoms with Crippen molar-refractivity contribution in [2.45, 2.75) is 200 Å². The zero-order chi connectivity index (χ0) is 36.8. The molecule has 0 rings (SSSR count). The van der Waals surface area contributed by atoms with Crippen molar-refractivity contribution in [1.29, 1.82) is 0 Å². The molecule has 0 aliphatic heterocycles. The molecule has 0 radical (unpaired) electrons. The number of rotatable bonds is 34. The Morgan fingerprint density at radius 1 is 0.438 bits per heavy atom. The van der Waals surface area contributed by atoms with Gasteiger partial charge in [-0.25, -0.2) is 0 Å². The summed E-state index contributed by atoms with van der Waals surface area (Å²) >= 11 is 0. The summed E-state index contributed by atoms with van der Waals surface area (Å²) in [6, 6.07) is 0. The largest absolute Gasteiger partial charge is 0.333 e. The third-order valence-electron chi connectivity index (χ3n) is 8.62. The van der Waals surface area contributed by atoms with Gasteiger partial charge in [0.15, 0.2) is 0 Å².